The second-order valence-electron chi connectivity index (χ2n) is 7.11. The third-order valence-electron chi connectivity index (χ3n) is 5.08. The zero-order valence-electron chi connectivity index (χ0n) is 15.6. The number of fused-ring (bicyclic) bond motifs is 2. The Morgan fingerprint density at radius 2 is 1.96 bits per heavy atom. The Balaban J connectivity index is 1.44. The van der Waals surface area contributed by atoms with E-state index in [2.05, 4.69) is 5.32 Å². The molecule has 1 amide bonds. The first-order chi connectivity index (χ1) is 13.5. The number of halogens is 2. The molecule has 0 aliphatic carbocycles. The van der Waals surface area contributed by atoms with Gasteiger partial charge in [-0.3, -0.25) is 4.79 Å². The van der Waals surface area contributed by atoms with Crippen molar-refractivity contribution in [3.05, 3.63) is 53.1 Å². The minimum atomic E-state index is -0.623. The normalized spacial score (nSPS) is 16.3. The van der Waals surface area contributed by atoms with E-state index in [1.807, 2.05) is 25.1 Å². The van der Waals surface area contributed by atoms with Gasteiger partial charge < -0.3 is 19.7 Å². The molecule has 1 atom stereocenters. The van der Waals surface area contributed by atoms with Crippen molar-refractivity contribution in [2.24, 2.45) is 0 Å². The molecule has 4 rings (SSSR count). The summed E-state index contributed by atoms with van der Waals surface area (Å²) in [5.41, 5.74) is 1.83. The average Bonchev–Trinajstić information content (AvgIpc) is 2.67. The van der Waals surface area contributed by atoms with Gasteiger partial charge >= 0.3 is 0 Å². The minimum absolute atomic E-state index is 0.0183. The molecule has 2 heterocycles. The predicted molar refractivity (Wildman–Crippen MR) is 101 cm³/mol. The molecule has 148 valence electrons. The van der Waals surface area contributed by atoms with Crippen LogP contribution < -0.4 is 19.7 Å². The lowest BCUT2D eigenvalue weighted by Crippen LogP contribution is -2.41. The summed E-state index contributed by atoms with van der Waals surface area (Å²) in [4.78, 5) is 14.2. The second kappa shape index (κ2) is 7.66. The maximum absolute atomic E-state index is 14.3. The summed E-state index contributed by atoms with van der Waals surface area (Å²) in [5, 5.41) is 2.94. The van der Waals surface area contributed by atoms with Crippen LogP contribution in [0.2, 0.25) is 0 Å². The lowest BCUT2D eigenvalue weighted by molar-refractivity contribution is -0.120. The van der Waals surface area contributed by atoms with Gasteiger partial charge in [0.1, 0.15) is 24.8 Å². The number of hydrogen-bond acceptors (Lipinski definition) is 4. The highest BCUT2D eigenvalue weighted by atomic mass is 19.1. The van der Waals surface area contributed by atoms with Gasteiger partial charge in [-0.1, -0.05) is 6.07 Å². The van der Waals surface area contributed by atoms with Crippen LogP contribution in [-0.2, 0) is 11.2 Å². The Hall–Kier alpha value is -2.83. The van der Waals surface area contributed by atoms with E-state index in [1.54, 1.807) is 4.90 Å². The number of carbonyl (C=O) groups excluding carboxylic acids is 1. The number of aryl methyl sites for hydroxylation is 1. The van der Waals surface area contributed by atoms with Crippen LogP contribution in [0.15, 0.2) is 30.3 Å². The van der Waals surface area contributed by atoms with Crippen molar-refractivity contribution >= 4 is 11.6 Å². The zero-order chi connectivity index (χ0) is 19.7. The number of benzene rings is 2. The summed E-state index contributed by atoms with van der Waals surface area (Å²) in [6, 6.07) is 7.55. The molecule has 0 fully saturated rings. The van der Waals surface area contributed by atoms with Gasteiger partial charge in [0.2, 0.25) is 5.91 Å². The van der Waals surface area contributed by atoms with E-state index in [4.69, 9.17) is 9.47 Å². The van der Waals surface area contributed by atoms with Gasteiger partial charge in [0.25, 0.3) is 0 Å². The molecular weight excluding hydrogens is 366 g/mol. The van der Waals surface area contributed by atoms with Crippen LogP contribution in [0.5, 0.6) is 11.5 Å². The van der Waals surface area contributed by atoms with E-state index in [9.17, 15) is 13.6 Å². The largest absolute Gasteiger partial charge is 0.486 e. The van der Waals surface area contributed by atoms with Gasteiger partial charge in [0.15, 0.2) is 11.5 Å². The average molecular weight is 388 g/mol. The maximum Gasteiger partial charge on any atom is 0.239 e. The van der Waals surface area contributed by atoms with Gasteiger partial charge in [0, 0.05) is 12.6 Å². The molecule has 2 aromatic carbocycles. The van der Waals surface area contributed by atoms with E-state index in [0.717, 1.165) is 18.1 Å². The third kappa shape index (κ3) is 3.74. The van der Waals surface area contributed by atoms with E-state index < -0.39 is 11.6 Å². The number of anilines is 1. The third-order valence-corrected chi connectivity index (χ3v) is 5.08. The van der Waals surface area contributed by atoms with Crippen LogP contribution in [0.1, 0.15) is 30.5 Å². The van der Waals surface area contributed by atoms with Crippen LogP contribution in [0, 0.1) is 11.6 Å². The Morgan fingerprint density at radius 1 is 1.18 bits per heavy atom. The molecule has 2 aliphatic rings. The van der Waals surface area contributed by atoms with Crippen molar-refractivity contribution in [2.75, 3.05) is 31.2 Å². The number of rotatable bonds is 4. The van der Waals surface area contributed by atoms with E-state index in [-0.39, 0.29) is 18.5 Å². The molecule has 0 aromatic heterocycles. The van der Waals surface area contributed by atoms with Crippen LogP contribution in [0.3, 0.4) is 0 Å². The van der Waals surface area contributed by atoms with Gasteiger partial charge in [-0.15, -0.1) is 0 Å². The fraction of sp³-hybridized carbons (Fsp3) is 0.381. The quantitative estimate of drug-likeness (QED) is 0.873. The SMILES string of the molecule is CC(NC(=O)CN1CCCc2cc(F)cc(F)c21)c1ccc2c(c1)OCCO2. The summed E-state index contributed by atoms with van der Waals surface area (Å²) in [5.74, 6) is -0.0730. The topological polar surface area (TPSA) is 50.8 Å². The predicted octanol–water partition coefficient (Wildman–Crippen LogP) is 3.37. The number of nitrogens with zero attached hydrogens (tertiary/aromatic N) is 1. The van der Waals surface area contributed by atoms with Crippen molar-refractivity contribution in [3.8, 4) is 11.5 Å². The molecule has 2 aliphatic heterocycles. The second-order valence-corrected chi connectivity index (χ2v) is 7.11. The lowest BCUT2D eigenvalue weighted by Gasteiger charge is -2.31. The highest BCUT2D eigenvalue weighted by molar-refractivity contribution is 5.82. The summed E-state index contributed by atoms with van der Waals surface area (Å²) in [6.45, 7) is 3.48. The van der Waals surface area contributed by atoms with Gasteiger partial charge in [-0.2, -0.15) is 0 Å². The van der Waals surface area contributed by atoms with E-state index >= 15 is 0 Å². The number of nitrogens with one attached hydrogen (secondary N) is 1. The molecule has 0 saturated carbocycles. The maximum atomic E-state index is 14.3. The molecule has 5 nitrogen and oxygen atoms in total. The zero-order valence-corrected chi connectivity index (χ0v) is 15.6. The summed E-state index contributed by atoms with van der Waals surface area (Å²) in [6.07, 6.45) is 1.36. The lowest BCUT2D eigenvalue weighted by atomic mass is 10.0. The number of hydrogen-bond donors (Lipinski definition) is 1. The molecule has 1 unspecified atom stereocenters. The molecule has 1 N–H and O–H groups in total. The molecule has 0 spiro atoms. The van der Waals surface area contributed by atoms with Crippen LogP contribution in [-0.4, -0.2) is 32.2 Å². The Labute approximate surface area is 162 Å². The van der Waals surface area contributed by atoms with Gasteiger partial charge in [0.05, 0.1) is 18.3 Å². The molecular formula is C21H22F2N2O3. The highest BCUT2D eigenvalue weighted by Crippen LogP contribution is 2.33. The van der Waals surface area contributed by atoms with Crippen molar-refractivity contribution in [1.82, 2.24) is 5.32 Å². The molecule has 7 heteroatoms. The van der Waals surface area contributed by atoms with Gasteiger partial charge in [-0.05, 0) is 49.1 Å². The first-order valence-electron chi connectivity index (χ1n) is 9.43. The summed E-state index contributed by atoms with van der Waals surface area (Å²) < 4.78 is 38.8. The Kier molecular flexibility index (Phi) is 5.07. The fourth-order valence-corrected chi connectivity index (χ4v) is 3.77. The molecule has 0 radical (unpaired) electrons. The highest BCUT2D eigenvalue weighted by Gasteiger charge is 2.24. The van der Waals surface area contributed by atoms with Crippen molar-refractivity contribution in [3.63, 3.8) is 0 Å². The van der Waals surface area contributed by atoms with Crippen molar-refractivity contribution < 1.29 is 23.0 Å². The molecule has 0 bridgehead atoms. The van der Waals surface area contributed by atoms with E-state index in [1.165, 1.54) is 6.07 Å². The van der Waals surface area contributed by atoms with Crippen LogP contribution >= 0.6 is 0 Å². The summed E-state index contributed by atoms with van der Waals surface area (Å²) >= 11 is 0. The Morgan fingerprint density at radius 3 is 2.79 bits per heavy atom. The standard InChI is InChI=1S/C21H22F2N2O3/c1-13(14-4-5-18-19(10-14)28-8-7-27-18)24-20(26)12-25-6-2-3-15-9-16(22)11-17(23)21(15)25/h4-5,9-11,13H,2-3,6-8,12H2,1H3,(H,24,26). The van der Waals surface area contributed by atoms with E-state index in [0.29, 0.717) is 48.9 Å². The molecule has 28 heavy (non-hydrogen) atoms. The number of carbonyl (C=O) groups is 1. The molecule has 2 aromatic rings. The van der Waals surface area contributed by atoms with Crippen molar-refractivity contribution in [2.45, 2.75) is 25.8 Å². The number of amides is 1. The van der Waals surface area contributed by atoms with Crippen LogP contribution in [0.4, 0.5) is 14.5 Å². The van der Waals surface area contributed by atoms with Gasteiger partial charge in [-0.25, -0.2) is 8.78 Å². The first kappa shape index (κ1) is 18.5. The minimum Gasteiger partial charge on any atom is -0.486 e. The fourth-order valence-electron chi connectivity index (χ4n) is 3.77. The smallest absolute Gasteiger partial charge is 0.239 e. The molecule has 0 saturated heterocycles. The van der Waals surface area contributed by atoms with Crippen LogP contribution in [0.25, 0.3) is 0 Å². The first-order valence-corrected chi connectivity index (χ1v) is 9.43. The monoisotopic (exact) mass is 388 g/mol. The van der Waals surface area contributed by atoms with Crippen molar-refractivity contribution in [1.29, 1.82) is 0 Å². The summed E-state index contributed by atoms with van der Waals surface area (Å²) in [7, 11) is 0. The number of ether oxygens (including phenoxy) is 2. The Bertz CT molecular complexity index is 903.